The lowest BCUT2D eigenvalue weighted by atomic mass is 10.1. The van der Waals surface area contributed by atoms with Gasteiger partial charge in [0.05, 0.1) is 24.6 Å². The van der Waals surface area contributed by atoms with E-state index in [0.29, 0.717) is 42.0 Å². The molecule has 7 nitrogen and oxygen atoms in total. The third-order valence-electron chi connectivity index (χ3n) is 5.99. The van der Waals surface area contributed by atoms with E-state index >= 15 is 0 Å². The normalized spacial score (nSPS) is 19.9. The molecule has 0 saturated carbocycles. The van der Waals surface area contributed by atoms with Gasteiger partial charge in [-0.3, -0.25) is 0 Å². The highest BCUT2D eigenvalue weighted by atomic mass is 19.1. The first-order valence-corrected chi connectivity index (χ1v) is 10.3. The van der Waals surface area contributed by atoms with Crippen LogP contribution in [0.15, 0.2) is 24.5 Å². The summed E-state index contributed by atoms with van der Waals surface area (Å²) in [6.45, 7) is 7.77. The summed E-state index contributed by atoms with van der Waals surface area (Å²) < 4.78 is 20.3. The Hall–Kier alpha value is -2.45. The maximum absolute atomic E-state index is 15.0. The van der Waals surface area contributed by atoms with Crippen LogP contribution in [0.3, 0.4) is 0 Å². The maximum Gasteiger partial charge on any atom is 0.225 e. The Balaban J connectivity index is 1.53. The lowest BCUT2D eigenvalue weighted by Gasteiger charge is -2.26. The van der Waals surface area contributed by atoms with E-state index in [1.165, 1.54) is 0 Å². The van der Waals surface area contributed by atoms with Gasteiger partial charge >= 0.3 is 0 Å². The van der Waals surface area contributed by atoms with E-state index in [1.807, 2.05) is 0 Å². The molecule has 2 aliphatic rings. The highest BCUT2D eigenvalue weighted by molar-refractivity contribution is 5.77. The molecule has 1 aromatic heterocycles. The molecule has 8 heteroatoms. The summed E-state index contributed by atoms with van der Waals surface area (Å²) >= 11 is 0. The molecule has 1 atom stereocenters. The molecule has 2 aliphatic heterocycles. The van der Waals surface area contributed by atoms with Crippen LogP contribution < -0.4 is 15.5 Å². The molecule has 2 aromatic rings. The average Bonchev–Trinajstić information content (AvgIpc) is 3.25. The third-order valence-corrected chi connectivity index (χ3v) is 5.99. The fourth-order valence-corrected chi connectivity index (χ4v) is 4.04. The number of rotatable bonds is 5. The minimum atomic E-state index is -0.302. The quantitative estimate of drug-likeness (QED) is 0.772. The minimum Gasteiger partial charge on any atom is -0.397 e. The Kier molecular flexibility index (Phi) is 5.82. The molecule has 2 fully saturated rings. The summed E-state index contributed by atoms with van der Waals surface area (Å²) in [6.07, 6.45) is 4.39. The Bertz CT molecular complexity index is 840. The van der Waals surface area contributed by atoms with Gasteiger partial charge in [-0.25, -0.2) is 14.4 Å². The molecule has 156 valence electrons. The molecule has 0 unspecified atom stereocenters. The van der Waals surface area contributed by atoms with Crippen LogP contribution in [0.4, 0.5) is 21.7 Å². The van der Waals surface area contributed by atoms with E-state index in [4.69, 9.17) is 10.5 Å². The van der Waals surface area contributed by atoms with E-state index < -0.39 is 0 Å². The molecule has 29 heavy (non-hydrogen) atoms. The molecule has 3 heterocycles. The second-order valence-corrected chi connectivity index (χ2v) is 7.72. The largest absolute Gasteiger partial charge is 0.397 e. The molecule has 0 bridgehead atoms. The molecule has 0 spiro atoms. The number of likely N-dealkylation sites (N-methyl/N-ethyl adjacent to an activating group) is 1. The zero-order chi connectivity index (χ0) is 20.4. The van der Waals surface area contributed by atoms with Crippen molar-refractivity contribution in [2.45, 2.75) is 19.4 Å². The summed E-state index contributed by atoms with van der Waals surface area (Å²) in [5, 5.41) is 0. The summed E-state index contributed by atoms with van der Waals surface area (Å²) in [5.41, 5.74) is 8.73. The van der Waals surface area contributed by atoms with Gasteiger partial charge in [-0.05, 0) is 32.1 Å². The lowest BCUT2D eigenvalue weighted by molar-refractivity contribution is 0.122. The van der Waals surface area contributed by atoms with Crippen molar-refractivity contribution in [1.29, 1.82) is 0 Å². The Labute approximate surface area is 171 Å². The Morgan fingerprint density at radius 2 is 1.90 bits per heavy atom. The van der Waals surface area contributed by atoms with E-state index in [1.54, 1.807) is 24.5 Å². The van der Waals surface area contributed by atoms with Crippen molar-refractivity contribution in [2.24, 2.45) is 0 Å². The average molecular weight is 401 g/mol. The molecular weight excluding hydrogens is 371 g/mol. The maximum atomic E-state index is 15.0. The summed E-state index contributed by atoms with van der Waals surface area (Å²) in [5.74, 6) is 0.342. The van der Waals surface area contributed by atoms with Crippen LogP contribution >= 0.6 is 0 Å². The fraction of sp³-hybridized carbons (Fsp3) is 0.524. The number of ether oxygens (including phenoxy) is 1. The van der Waals surface area contributed by atoms with Crippen molar-refractivity contribution in [3.63, 3.8) is 0 Å². The van der Waals surface area contributed by atoms with Crippen molar-refractivity contribution >= 4 is 17.3 Å². The van der Waals surface area contributed by atoms with Gasteiger partial charge in [0.2, 0.25) is 5.95 Å². The van der Waals surface area contributed by atoms with Crippen molar-refractivity contribution in [3.05, 3.63) is 30.3 Å². The Morgan fingerprint density at radius 1 is 1.17 bits per heavy atom. The van der Waals surface area contributed by atoms with E-state index in [-0.39, 0.29) is 5.82 Å². The number of hydrogen-bond donors (Lipinski definition) is 1. The smallest absolute Gasteiger partial charge is 0.225 e. The third kappa shape index (κ3) is 4.13. The van der Waals surface area contributed by atoms with Crippen LogP contribution in [-0.4, -0.2) is 73.9 Å². The number of nitrogens with two attached hydrogens (primary N) is 1. The van der Waals surface area contributed by atoms with Crippen molar-refractivity contribution in [3.8, 4) is 11.1 Å². The SMILES string of the molecule is CCN(C)[C@@H]1CCN(c2cc(F)c(-c3cnc(N4CCOCC4)nc3)cc2N)C1. The molecule has 0 amide bonds. The first-order valence-electron chi connectivity index (χ1n) is 10.3. The predicted octanol–water partition coefficient (Wildman–Crippen LogP) is 2.23. The molecule has 1 aromatic carbocycles. The van der Waals surface area contributed by atoms with Crippen LogP contribution in [-0.2, 0) is 4.74 Å². The van der Waals surface area contributed by atoms with Gasteiger partial charge in [0.25, 0.3) is 0 Å². The van der Waals surface area contributed by atoms with Crippen molar-refractivity contribution < 1.29 is 9.13 Å². The first-order chi connectivity index (χ1) is 14.1. The minimum absolute atomic E-state index is 0.302. The van der Waals surface area contributed by atoms with Gasteiger partial charge in [-0.15, -0.1) is 0 Å². The van der Waals surface area contributed by atoms with Gasteiger partial charge in [0, 0.05) is 55.7 Å². The van der Waals surface area contributed by atoms with Crippen LogP contribution in [0, 0.1) is 5.82 Å². The first kappa shape index (κ1) is 19.8. The number of hydrogen-bond acceptors (Lipinski definition) is 7. The second kappa shape index (κ2) is 8.51. The molecular formula is C21H29FN6O. The summed E-state index contributed by atoms with van der Waals surface area (Å²) in [7, 11) is 2.13. The van der Waals surface area contributed by atoms with Crippen LogP contribution in [0.25, 0.3) is 11.1 Å². The zero-order valence-electron chi connectivity index (χ0n) is 17.1. The predicted molar refractivity (Wildman–Crippen MR) is 114 cm³/mol. The zero-order valence-corrected chi connectivity index (χ0v) is 17.1. The number of nitrogen functional groups attached to an aromatic ring is 1. The summed E-state index contributed by atoms with van der Waals surface area (Å²) in [4.78, 5) is 15.4. The number of benzene rings is 1. The molecule has 4 rings (SSSR count). The lowest BCUT2D eigenvalue weighted by Crippen LogP contribution is -2.37. The van der Waals surface area contributed by atoms with Gasteiger partial charge in [-0.1, -0.05) is 6.92 Å². The highest BCUT2D eigenvalue weighted by Crippen LogP contribution is 2.34. The van der Waals surface area contributed by atoms with Crippen molar-refractivity contribution in [1.82, 2.24) is 14.9 Å². The number of anilines is 3. The molecule has 2 N–H and O–H groups in total. The van der Waals surface area contributed by atoms with Crippen LogP contribution in [0.5, 0.6) is 0 Å². The number of morpholine rings is 1. The summed E-state index contributed by atoms with van der Waals surface area (Å²) in [6, 6.07) is 3.73. The van der Waals surface area contributed by atoms with Gasteiger partial charge in [0.1, 0.15) is 5.82 Å². The molecule has 0 radical (unpaired) electrons. The van der Waals surface area contributed by atoms with E-state index in [0.717, 1.165) is 44.8 Å². The fourth-order valence-electron chi connectivity index (χ4n) is 4.04. The van der Waals surface area contributed by atoms with Gasteiger partial charge in [-0.2, -0.15) is 0 Å². The van der Waals surface area contributed by atoms with Crippen LogP contribution in [0.1, 0.15) is 13.3 Å². The van der Waals surface area contributed by atoms with Gasteiger partial charge < -0.3 is 25.2 Å². The Morgan fingerprint density at radius 3 is 2.59 bits per heavy atom. The molecule has 0 aliphatic carbocycles. The number of halogens is 1. The standard InChI is InChI=1S/C21H29FN6O/c1-3-26(2)16-4-5-28(14-16)20-11-18(22)17(10-19(20)23)15-12-24-21(25-13-15)27-6-8-29-9-7-27/h10-13,16H,3-9,14,23H2,1-2H3/t16-/m1/s1. The van der Waals surface area contributed by atoms with Crippen molar-refractivity contribution in [2.75, 3.05) is 68.5 Å². The van der Waals surface area contributed by atoms with Crippen LogP contribution in [0.2, 0.25) is 0 Å². The highest BCUT2D eigenvalue weighted by Gasteiger charge is 2.27. The topological polar surface area (TPSA) is 70.8 Å². The van der Waals surface area contributed by atoms with E-state index in [9.17, 15) is 4.39 Å². The number of aromatic nitrogens is 2. The van der Waals surface area contributed by atoms with Gasteiger partial charge in [0.15, 0.2) is 0 Å². The number of nitrogens with zero attached hydrogens (tertiary/aromatic N) is 5. The second-order valence-electron chi connectivity index (χ2n) is 7.72. The van der Waals surface area contributed by atoms with E-state index in [2.05, 4.69) is 38.6 Å². The monoisotopic (exact) mass is 400 g/mol. The molecule has 2 saturated heterocycles.